The standard InChI is InChI=1S/H2O.P4/c;1-2-3(1)4(1)2/h1H2;. The van der Waals surface area contributed by atoms with Crippen molar-refractivity contribution >= 4 is 25.5 Å². The Kier molecular flexibility index (Phi) is 0.330. The molecule has 0 amide bonds. The van der Waals surface area contributed by atoms with E-state index in [2.05, 4.69) is 0 Å². The van der Waals surface area contributed by atoms with Crippen LogP contribution >= 0.6 is 25.5 Å². The lowest BCUT2D eigenvalue weighted by Crippen LogP contribution is -0.289. The third-order valence-electron chi connectivity index (χ3n) is 0.838. The molecule has 0 atom stereocenters. The molecule has 0 aliphatic heterocycles. The van der Waals surface area contributed by atoms with Crippen molar-refractivity contribution in [2.24, 2.45) is 0 Å². The summed E-state index contributed by atoms with van der Waals surface area (Å²) in [5, 5.41) is 0. The van der Waals surface area contributed by atoms with Gasteiger partial charge in [-0.2, -0.15) is 0 Å². The zero-order chi connectivity index (χ0) is 2.31. The van der Waals surface area contributed by atoms with Gasteiger partial charge in [-0.3, -0.25) is 0 Å². The third kappa shape index (κ3) is 0.175. The zero-order valence-corrected chi connectivity index (χ0v) is 5.87. The van der Waals surface area contributed by atoms with Gasteiger partial charge in [0.15, 0.2) is 0 Å². The summed E-state index contributed by atoms with van der Waals surface area (Å²) in [5.41, 5.74) is 0. The molecule has 28 valence electrons. The molecule has 4 aromatic heterocycles. The summed E-state index contributed by atoms with van der Waals surface area (Å²) >= 11 is 0. The molecule has 0 saturated carbocycles. The monoisotopic (exact) mass is 142 g/mol. The lowest BCUT2D eigenvalue weighted by molar-refractivity contribution is 0.824. The number of rotatable bonds is 0. The second-order valence-electron chi connectivity index (χ2n) is 1.07. The highest BCUT2D eigenvalue weighted by Gasteiger charge is 2.45. The first-order chi connectivity index (χ1) is 2.00. The second-order valence-corrected chi connectivity index (χ2v) is 29.0. The average molecular weight is 142 g/mol. The van der Waals surface area contributed by atoms with E-state index < -0.39 is 0 Å². The maximum absolute atomic E-state index is 1.07. The van der Waals surface area contributed by atoms with Gasteiger partial charge in [0.05, 0.1) is 0 Å². The average Bonchev–Trinajstić information content (AvgIpc) is 1.71. The van der Waals surface area contributed by atoms with E-state index in [0.717, 1.165) is 25.5 Å². The molecular weight excluding hydrogens is 140 g/mol. The first-order valence-corrected chi connectivity index (χ1v) is 10.8. The van der Waals surface area contributed by atoms with Gasteiger partial charge in [0.25, 0.3) is 0 Å². The van der Waals surface area contributed by atoms with Crippen LogP contribution in [0, 0.1) is 0 Å². The van der Waals surface area contributed by atoms with E-state index in [4.69, 9.17) is 0 Å². The molecule has 0 aromatic carbocycles. The van der Waals surface area contributed by atoms with E-state index in [1.165, 1.54) is 0 Å². The van der Waals surface area contributed by atoms with Crippen molar-refractivity contribution in [3.63, 3.8) is 0 Å². The van der Waals surface area contributed by atoms with Gasteiger partial charge in [0.1, 0.15) is 0 Å². The molecule has 5 heavy (non-hydrogen) atoms. The molecule has 4 heterocycles. The molecule has 0 bridgehead atoms. The molecule has 1 nitrogen and oxygen atoms in total. The SMILES string of the molecule is O.p12p3p1p23. The Bertz CT molecular complexity index is 158. The Labute approximate surface area is 31.7 Å². The van der Waals surface area contributed by atoms with E-state index in [0.29, 0.717) is 0 Å². The van der Waals surface area contributed by atoms with Crippen molar-refractivity contribution < 1.29 is 5.48 Å². The maximum Gasteiger partial charge on any atom is 0 e. The van der Waals surface area contributed by atoms with Gasteiger partial charge in [-0.05, 0) is 0 Å². The molecule has 5 heteroatoms. The van der Waals surface area contributed by atoms with Gasteiger partial charge in [-0.1, -0.05) is 0 Å². The predicted molar refractivity (Wildman–Crippen MR) is 31.3 cm³/mol. The minimum Gasteiger partial charge on any atom is -0.412 e. The Morgan fingerprint density at radius 2 is 0.800 bits per heavy atom. The third-order valence-corrected chi connectivity index (χ3v) is 48.5. The molecule has 0 unspecified atom stereocenters. The van der Waals surface area contributed by atoms with Crippen LogP contribution in [0.3, 0.4) is 0 Å². The lowest BCUT2D eigenvalue weighted by Gasteiger charge is -0.816. The minimum absolute atomic E-state index is 0. The summed E-state index contributed by atoms with van der Waals surface area (Å²) in [7, 11) is 0. The Hall–Kier alpha value is 1.16. The predicted octanol–water partition coefficient (Wildman–Crippen LogP) is 2.62. The first-order valence-electron chi connectivity index (χ1n) is 1.20. The molecule has 0 saturated heterocycles. The molecular formula is H2OP4. The number of hydrogen-bond acceptors (Lipinski definition) is 0. The minimum atomic E-state index is 0. The maximum atomic E-state index is 1.07. The van der Waals surface area contributed by atoms with Crippen LogP contribution in [0.2, 0.25) is 0 Å². The highest BCUT2D eigenvalue weighted by Crippen LogP contribution is 3.31. The van der Waals surface area contributed by atoms with Crippen molar-refractivity contribution in [1.82, 2.24) is 0 Å². The van der Waals surface area contributed by atoms with Crippen molar-refractivity contribution in [3.8, 4) is 0 Å². The van der Waals surface area contributed by atoms with Gasteiger partial charge in [-0.25, -0.2) is 0 Å². The molecule has 0 fully saturated rings. The largest absolute Gasteiger partial charge is 0.412 e. The van der Waals surface area contributed by atoms with Crippen LogP contribution in [0.1, 0.15) is 0 Å². The molecule has 0 radical (unpaired) electrons. The van der Waals surface area contributed by atoms with Crippen LogP contribution in [-0.2, 0) is 0 Å². The molecule has 2 N–H and O–H groups in total. The van der Waals surface area contributed by atoms with Gasteiger partial charge in [0.2, 0.25) is 0 Å². The summed E-state index contributed by atoms with van der Waals surface area (Å²) in [6.07, 6.45) is 4.30. The Morgan fingerprint density at radius 3 is 0.800 bits per heavy atom. The fourth-order valence-corrected chi connectivity index (χ4v) is 61.9. The second kappa shape index (κ2) is 0.516. The summed E-state index contributed by atoms with van der Waals surface area (Å²) in [6.45, 7) is 0. The topological polar surface area (TPSA) is 31.5 Å². The summed E-state index contributed by atoms with van der Waals surface area (Å²) in [6, 6.07) is 0. The normalized spacial score (nSPS) is 28.8. The molecule has 0 aliphatic rings. The van der Waals surface area contributed by atoms with Crippen LogP contribution in [0.15, 0.2) is 0 Å². The van der Waals surface area contributed by atoms with E-state index in [-0.39, 0.29) is 5.48 Å². The zero-order valence-electron chi connectivity index (χ0n) is 2.29. The Balaban J connectivity index is 0.000000120. The van der Waals surface area contributed by atoms with Crippen LogP contribution in [0.25, 0.3) is 0 Å². The quantitative estimate of drug-likeness (QED) is 0.461. The van der Waals surface area contributed by atoms with Gasteiger partial charge < -0.3 is 5.48 Å². The van der Waals surface area contributed by atoms with Crippen LogP contribution < -0.4 is 0 Å². The summed E-state index contributed by atoms with van der Waals surface area (Å²) in [4.78, 5) is 0. The molecule has 4 rings (SSSR count). The highest BCUT2D eigenvalue weighted by molar-refractivity contribution is 9.37. The van der Waals surface area contributed by atoms with Crippen molar-refractivity contribution in [1.29, 1.82) is 0 Å². The van der Waals surface area contributed by atoms with Gasteiger partial charge in [-0.15, -0.1) is 0 Å². The smallest absolute Gasteiger partial charge is 0 e. The fraction of sp³-hybridized carbons (Fsp3) is 0. The van der Waals surface area contributed by atoms with Crippen molar-refractivity contribution in [2.75, 3.05) is 0 Å². The fourth-order valence-electron chi connectivity index (χ4n) is 0.335. The van der Waals surface area contributed by atoms with Gasteiger partial charge >= 0.3 is 0 Å². The molecule has 0 spiro atoms. The van der Waals surface area contributed by atoms with Gasteiger partial charge in [0, 0.05) is 25.5 Å². The van der Waals surface area contributed by atoms with Crippen molar-refractivity contribution in [2.45, 2.75) is 0 Å². The summed E-state index contributed by atoms with van der Waals surface area (Å²) < 4.78 is 0. The van der Waals surface area contributed by atoms with E-state index in [9.17, 15) is 0 Å². The summed E-state index contributed by atoms with van der Waals surface area (Å²) in [5.74, 6) is 0. The van der Waals surface area contributed by atoms with Crippen LogP contribution in [-0.4, -0.2) is 5.48 Å². The van der Waals surface area contributed by atoms with Crippen LogP contribution in [0.5, 0.6) is 0 Å². The van der Waals surface area contributed by atoms with Crippen molar-refractivity contribution in [3.05, 3.63) is 0 Å². The molecule has 0 aliphatic carbocycles. The van der Waals surface area contributed by atoms with E-state index >= 15 is 0 Å². The van der Waals surface area contributed by atoms with E-state index in [1.54, 1.807) is 0 Å². The van der Waals surface area contributed by atoms with E-state index in [1.807, 2.05) is 0 Å². The lowest BCUT2D eigenvalue weighted by atomic mass is 16.0. The van der Waals surface area contributed by atoms with Crippen LogP contribution in [0.4, 0.5) is 0 Å². The number of hydrogen-bond donors (Lipinski definition) is 0. The highest BCUT2D eigenvalue weighted by atomic mass is 33.4. The first kappa shape index (κ1) is 3.20. The Morgan fingerprint density at radius 1 is 0.600 bits per heavy atom. The molecule has 4 aromatic rings.